The molecule has 21 heavy (non-hydrogen) atoms. The van der Waals surface area contributed by atoms with Crippen molar-refractivity contribution in [1.82, 2.24) is 9.88 Å². The van der Waals surface area contributed by atoms with E-state index in [0.717, 1.165) is 30.4 Å². The molecule has 0 aliphatic rings. The van der Waals surface area contributed by atoms with Crippen LogP contribution in [0.15, 0.2) is 54.7 Å². The molecule has 0 unspecified atom stereocenters. The van der Waals surface area contributed by atoms with E-state index in [2.05, 4.69) is 41.2 Å². The Kier molecular flexibility index (Phi) is 4.02. The largest absolute Gasteiger partial charge is 0.361 e. The van der Waals surface area contributed by atoms with E-state index in [1.54, 1.807) is 12.1 Å². The van der Waals surface area contributed by atoms with Gasteiger partial charge in [0.25, 0.3) is 0 Å². The predicted molar refractivity (Wildman–Crippen MR) is 84.7 cm³/mol. The molecule has 108 valence electrons. The molecule has 0 aliphatic carbocycles. The predicted octanol–water partition coefficient (Wildman–Crippen LogP) is 3.98. The van der Waals surface area contributed by atoms with Gasteiger partial charge in [-0.05, 0) is 42.8 Å². The van der Waals surface area contributed by atoms with E-state index in [1.807, 2.05) is 12.3 Å². The molecule has 2 nitrogen and oxygen atoms in total. The van der Waals surface area contributed by atoms with Crippen LogP contribution in [0.5, 0.6) is 0 Å². The summed E-state index contributed by atoms with van der Waals surface area (Å²) in [5.74, 6) is -0.180. The monoisotopic (exact) mass is 282 g/mol. The van der Waals surface area contributed by atoms with Crippen LogP contribution in [0.1, 0.15) is 11.1 Å². The summed E-state index contributed by atoms with van der Waals surface area (Å²) >= 11 is 0. The first-order valence-corrected chi connectivity index (χ1v) is 7.20. The third kappa shape index (κ3) is 3.31. The Balaban J connectivity index is 1.65. The van der Waals surface area contributed by atoms with Crippen LogP contribution in [-0.4, -0.2) is 23.5 Å². The number of halogens is 1. The van der Waals surface area contributed by atoms with Crippen LogP contribution in [0.2, 0.25) is 0 Å². The SMILES string of the molecule is CN(CCc1c[nH]c2ccc(F)cc12)Cc1ccccc1. The number of hydrogen-bond acceptors (Lipinski definition) is 1. The molecule has 0 fully saturated rings. The lowest BCUT2D eigenvalue weighted by molar-refractivity contribution is 0.331. The van der Waals surface area contributed by atoms with Crippen molar-refractivity contribution in [1.29, 1.82) is 0 Å². The molecule has 3 aromatic rings. The van der Waals surface area contributed by atoms with E-state index in [4.69, 9.17) is 0 Å². The van der Waals surface area contributed by atoms with Crippen molar-refractivity contribution in [3.63, 3.8) is 0 Å². The molecule has 3 heteroatoms. The van der Waals surface area contributed by atoms with Crippen LogP contribution in [0.4, 0.5) is 4.39 Å². The second-order valence-corrected chi connectivity index (χ2v) is 5.48. The van der Waals surface area contributed by atoms with Crippen LogP contribution >= 0.6 is 0 Å². The van der Waals surface area contributed by atoms with Gasteiger partial charge in [0.2, 0.25) is 0 Å². The molecule has 1 N–H and O–H groups in total. The molecular weight excluding hydrogens is 263 g/mol. The van der Waals surface area contributed by atoms with Gasteiger partial charge in [-0.1, -0.05) is 30.3 Å². The highest BCUT2D eigenvalue weighted by atomic mass is 19.1. The zero-order valence-corrected chi connectivity index (χ0v) is 12.1. The van der Waals surface area contributed by atoms with E-state index >= 15 is 0 Å². The fourth-order valence-electron chi connectivity index (χ4n) is 2.64. The number of hydrogen-bond donors (Lipinski definition) is 1. The van der Waals surface area contributed by atoms with Gasteiger partial charge in [0.1, 0.15) is 5.82 Å². The summed E-state index contributed by atoms with van der Waals surface area (Å²) in [6, 6.07) is 15.3. The van der Waals surface area contributed by atoms with Crippen LogP contribution in [-0.2, 0) is 13.0 Å². The fraction of sp³-hybridized carbons (Fsp3) is 0.222. The summed E-state index contributed by atoms with van der Waals surface area (Å²) in [4.78, 5) is 5.49. The standard InChI is InChI=1S/C18H19FN2/c1-21(13-14-5-3-2-4-6-14)10-9-15-12-20-18-8-7-16(19)11-17(15)18/h2-8,11-12,20H,9-10,13H2,1H3. The molecule has 0 atom stereocenters. The second-order valence-electron chi connectivity index (χ2n) is 5.48. The van der Waals surface area contributed by atoms with Crippen molar-refractivity contribution in [3.8, 4) is 0 Å². The van der Waals surface area contributed by atoms with Crippen LogP contribution in [0.3, 0.4) is 0 Å². The van der Waals surface area contributed by atoms with E-state index in [-0.39, 0.29) is 5.82 Å². The van der Waals surface area contributed by atoms with Crippen LogP contribution in [0, 0.1) is 5.82 Å². The molecule has 2 aromatic carbocycles. The van der Waals surface area contributed by atoms with Gasteiger partial charge in [-0.15, -0.1) is 0 Å². The molecule has 0 spiro atoms. The number of aromatic nitrogens is 1. The molecule has 1 aromatic heterocycles. The minimum atomic E-state index is -0.180. The van der Waals surface area contributed by atoms with Crippen molar-refractivity contribution < 1.29 is 4.39 Å². The summed E-state index contributed by atoms with van der Waals surface area (Å²) in [5.41, 5.74) is 3.48. The lowest BCUT2D eigenvalue weighted by Gasteiger charge is -2.16. The van der Waals surface area contributed by atoms with E-state index in [0.29, 0.717) is 0 Å². The number of nitrogens with one attached hydrogen (secondary N) is 1. The zero-order chi connectivity index (χ0) is 14.7. The number of likely N-dealkylation sites (N-methyl/N-ethyl adjacent to an activating group) is 1. The van der Waals surface area contributed by atoms with E-state index in [1.165, 1.54) is 17.2 Å². The van der Waals surface area contributed by atoms with Crippen molar-refractivity contribution in [2.45, 2.75) is 13.0 Å². The summed E-state index contributed by atoms with van der Waals surface area (Å²) in [6.45, 7) is 1.87. The number of fused-ring (bicyclic) bond motifs is 1. The first kappa shape index (κ1) is 13.8. The summed E-state index contributed by atoms with van der Waals surface area (Å²) in [6.07, 6.45) is 2.90. The van der Waals surface area contributed by atoms with Gasteiger partial charge in [-0.2, -0.15) is 0 Å². The van der Waals surface area contributed by atoms with Crippen LogP contribution < -0.4 is 0 Å². The molecule has 0 aliphatic heterocycles. The third-order valence-corrected chi connectivity index (χ3v) is 3.79. The Bertz CT molecular complexity index is 718. The van der Waals surface area contributed by atoms with Gasteiger partial charge in [-0.25, -0.2) is 4.39 Å². The number of benzene rings is 2. The van der Waals surface area contributed by atoms with Crippen molar-refractivity contribution in [3.05, 3.63) is 71.7 Å². The second kappa shape index (κ2) is 6.10. The van der Waals surface area contributed by atoms with Gasteiger partial charge < -0.3 is 9.88 Å². The fourth-order valence-corrected chi connectivity index (χ4v) is 2.64. The number of rotatable bonds is 5. The molecule has 1 heterocycles. The average Bonchev–Trinajstić information content (AvgIpc) is 2.88. The highest BCUT2D eigenvalue weighted by Crippen LogP contribution is 2.20. The molecule has 0 radical (unpaired) electrons. The lowest BCUT2D eigenvalue weighted by Crippen LogP contribution is -2.20. The van der Waals surface area contributed by atoms with Gasteiger partial charge in [0.15, 0.2) is 0 Å². The third-order valence-electron chi connectivity index (χ3n) is 3.79. The highest BCUT2D eigenvalue weighted by molar-refractivity contribution is 5.83. The first-order valence-electron chi connectivity index (χ1n) is 7.20. The summed E-state index contributed by atoms with van der Waals surface area (Å²) < 4.78 is 13.4. The van der Waals surface area contributed by atoms with Gasteiger partial charge >= 0.3 is 0 Å². The Morgan fingerprint density at radius 3 is 2.71 bits per heavy atom. The highest BCUT2D eigenvalue weighted by Gasteiger charge is 2.06. The molecular formula is C18H19FN2. The van der Waals surface area contributed by atoms with Gasteiger partial charge in [0, 0.05) is 30.2 Å². The maximum Gasteiger partial charge on any atom is 0.123 e. The number of aromatic amines is 1. The molecule has 0 saturated carbocycles. The van der Waals surface area contributed by atoms with Gasteiger partial charge in [0.05, 0.1) is 0 Å². The van der Waals surface area contributed by atoms with Crippen molar-refractivity contribution >= 4 is 10.9 Å². The topological polar surface area (TPSA) is 19.0 Å². The minimum Gasteiger partial charge on any atom is -0.361 e. The average molecular weight is 282 g/mol. The van der Waals surface area contributed by atoms with E-state index in [9.17, 15) is 4.39 Å². The number of nitrogens with zero attached hydrogens (tertiary/aromatic N) is 1. The van der Waals surface area contributed by atoms with Crippen molar-refractivity contribution in [2.24, 2.45) is 0 Å². The van der Waals surface area contributed by atoms with Crippen LogP contribution in [0.25, 0.3) is 10.9 Å². The Labute approximate surface area is 124 Å². The minimum absolute atomic E-state index is 0.180. The summed E-state index contributed by atoms with van der Waals surface area (Å²) in [5, 5.41) is 0.989. The molecule has 3 rings (SSSR count). The maximum atomic E-state index is 13.4. The first-order chi connectivity index (χ1) is 10.2. The van der Waals surface area contributed by atoms with E-state index < -0.39 is 0 Å². The Morgan fingerprint density at radius 2 is 1.90 bits per heavy atom. The van der Waals surface area contributed by atoms with Crippen molar-refractivity contribution in [2.75, 3.05) is 13.6 Å². The molecule has 0 amide bonds. The molecule has 0 bridgehead atoms. The Morgan fingerprint density at radius 1 is 1.10 bits per heavy atom. The number of H-pyrrole nitrogens is 1. The smallest absolute Gasteiger partial charge is 0.123 e. The normalized spacial score (nSPS) is 11.4. The zero-order valence-electron chi connectivity index (χ0n) is 12.1. The Hall–Kier alpha value is -2.13. The maximum absolute atomic E-state index is 13.4. The lowest BCUT2D eigenvalue weighted by atomic mass is 10.1. The summed E-state index contributed by atoms with van der Waals surface area (Å²) in [7, 11) is 2.11. The quantitative estimate of drug-likeness (QED) is 0.750. The van der Waals surface area contributed by atoms with Gasteiger partial charge in [-0.3, -0.25) is 0 Å². The molecule has 0 saturated heterocycles.